The van der Waals surface area contributed by atoms with Crippen molar-refractivity contribution >= 4 is 29.0 Å². The number of carbonyl (C=O) groups is 2. The van der Waals surface area contributed by atoms with Crippen molar-refractivity contribution in [1.82, 2.24) is 0 Å². The Morgan fingerprint density at radius 3 is 1.94 bits per heavy atom. The molecule has 0 unspecified atom stereocenters. The molecule has 0 radical (unpaired) electrons. The zero-order chi connectivity index (χ0) is 25.2. The third kappa shape index (κ3) is 4.59. The van der Waals surface area contributed by atoms with Gasteiger partial charge in [-0.2, -0.15) is 0 Å². The lowest BCUT2D eigenvalue weighted by atomic mass is 9.81. The van der Waals surface area contributed by atoms with E-state index in [0.29, 0.717) is 35.4 Å². The first kappa shape index (κ1) is 24.8. The van der Waals surface area contributed by atoms with Crippen LogP contribution in [-0.2, 0) is 24.7 Å². The van der Waals surface area contributed by atoms with E-state index in [-0.39, 0.29) is 5.69 Å². The van der Waals surface area contributed by atoms with E-state index in [0.717, 1.165) is 22.3 Å². The fourth-order valence-electron chi connectivity index (χ4n) is 4.20. The van der Waals surface area contributed by atoms with Crippen molar-refractivity contribution in [3.63, 3.8) is 0 Å². The van der Waals surface area contributed by atoms with Crippen molar-refractivity contribution < 1.29 is 24.2 Å². The number of nitro benzene ring substituents is 1. The normalized spacial score (nSPS) is 14.3. The number of oxime groups is 2. The van der Waals surface area contributed by atoms with Gasteiger partial charge in [-0.1, -0.05) is 50.1 Å². The van der Waals surface area contributed by atoms with Gasteiger partial charge in [0.05, 0.1) is 21.9 Å². The predicted octanol–water partition coefficient (Wildman–Crippen LogP) is 5.26. The third-order valence-electron chi connectivity index (χ3n) is 5.85. The van der Waals surface area contributed by atoms with E-state index in [1.807, 2.05) is 52.0 Å². The second-order valence-corrected chi connectivity index (χ2v) is 8.51. The Bertz CT molecular complexity index is 1240. The van der Waals surface area contributed by atoms with Crippen molar-refractivity contribution in [2.45, 2.75) is 59.8 Å². The minimum atomic E-state index is -0.567. The van der Waals surface area contributed by atoms with Crippen LogP contribution >= 0.6 is 0 Å². The second-order valence-electron chi connectivity index (χ2n) is 8.51. The average Bonchev–Trinajstić information content (AvgIpc) is 3.00. The molecule has 0 N–H and O–H groups in total. The number of rotatable bonds is 7. The van der Waals surface area contributed by atoms with Gasteiger partial charge in [-0.25, -0.2) is 9.59 Å². The summed E-state index contributed by atoms with van der Waals surface area (Å²) in [5, 5.41) is 20.0. The number of fused-ring (bicyclic) bond motifs is 3. The topological polar surface area (TPSA) is 120 Å². The molecule has 2 aromatic carbocycles. The zero-order valence-electron chi connectivity index (χ0n) is 20.1. The maximum atomic E-state index is 12.1. The van der Waals surface area contributed by atoms with Gasteiger partial charge in [-0.15, -0.1) is 0 Å². The molecule has 9 heteroatoms. The number of nitrogens with zero attached hydrogens (tertiary/aromatic N) is 3. The molecule has 0 aromatic heterocycles. The molecular formula is C25H27N3O6. The molecule has 1 aliphatic carbocycles. The van der Waals surface area contributed by atoms with E-state index in [1.165, 1.54) is 19.9 Å². The highest BCUT2D eigenvalue weighted by molar-refractivity contribution is 6.04. The summed E-state index contributed by atoms with van der Waals surface area (Å²) in [4.78, 5) is 43.8. The second kappa shape index (κ2) is 9.54. The Kier molecular flexibility index (Phi) is 6.95. The number of hydrogen-bond acceptors (Lipinski definition) is 8. The summed E-state index contributed by atoms with van der Waals surface area (Å²) in [5.41, 5.74) is 4.73. The van der Waals surface area contributed by atoms with E-state index in [2.05, 4.69) is 10.3 Å². The van der Waals surface area contributed by atoms with Crippen LogP contribution in [0.4, 0.5) is 5.69 Å². The van der Waals surface area contributed by atoms with E-state index >= 15 is 0 Å². The maximum absolute atomic E-state index is 12.1. The van der Waals surface area contributed by atoms with Crippen LogP contribution in [0.1, 0.15) is 76.6 Å². The van der Waals surface area contributed by atoms with E-state index in [9.17, 15) is 19.7 Å². The summed E-state index contributed by atoms with van der Waals surface area (Å²) in [5.74, 6) is -1.07. The average molecular weight is 466 g/mol. The molecule has 0 fully saturated rings. The van der Waals surface area contributed by atoms with Crippen molar-refractivity contribution in [3.05, 3.63) is 62.7 Å². The minimum Gasteiger partial charge on any atom is -0.318 e. The monoisotopic (exact) mass is 465 g/mol. The van der Waals surface area contributed by atoms with E-state index in [4.69, 9.17) is 9.68 Å². The molecule has 9 nitrogen and oxygen atoms in total. The zero-order valence-corrected chi connectivity index (χ0v) is 20.1. The van der Waals surface area contributed by atoms with Gasteiger partial charge in [-0.05, 0) is 47.2 Å². The van der Waals surface area contributed by atoms with Crippen molar-refractivity contribution in [2.75, 3.05) is 0 Å². The quantitative estimate of drug-likeness (QED) is 0.238. The Morgan fingerprint density at radius 1 is 0.912 bits per heavy atom. The third-order valence-corrected chi connectivity index (χ3v) is 5.85. The number of nitro groups is 1. The molecule has 0 heterocycles. The summed E-state index contributed by atoms with van der Waals surface area (Å²) in [6.07, 6.45) is 0.962. The largest absolute Gasteiger partial charge is 0.331 e. The number of hydrogen-bond donors (Lipinski definition) is 0. The molecule has 0 spiro atoms. The van der Waals surface area contributed by atoms with Crippen molar-refractivity contribution in [1.29, 1.82) is 0 Å². The van der Waals surface area contributed by atoms with Gasteiger partial charge in [0.1, 0.15) is 0 Å². The first-order valence-electron chi connectivity index (χ1n) is 11.0. The fraction of sp³-hybridized carbons (Fsp3) is 0.360. The summed E-state index contributed by atoms with van der Waals surface area (Å²) in [6.45, 7) is 10.3. The fourth-order valence-corrected chi connectivity index (χ4v) is 4.20. The van der Waals surface area contributed by atoms with E-state index < -0.39 is 22.3 Å². The van der Waals surface area contributed by atoms with Crippen molar-refractivity contribution in [3.8, 4) is 11.1 Å². The molecular weight excluding hydrogens is 438 g/mol. The molecule has 34 heavy (non-hydrogen) atoms. The smallest absolute Gasteiger partial charge is 0.318 e. The van der Waals surface area contributed by atoms with Crippen LogP contribution in [0.25, 0.3) is 11.1 Å². The molecule has 0 amide bonds. The lowest BCUT2D eigenvalue weighted by Crippen LogP contribution is -2.17. The SMILES string of the molecule is CC/C(=N\OC(C)=O)c1ccc2c(c1)C(C)(C)c1cc(/C(CC)=N/OC(C)=O)cc([N+](=O)[O-])c1-2. The Balaban J connectivity index is 2.22. The molecule has 0 atom stereocenters. The van der Waals surface area contributed by atoms with Gasteiger partial charge in [0, 0.05) is 30.9 Å². The van der Waals surface area contributed by atoms with Crippen LogP contribution in [0.15, 0.2) is 40.6 Å². The minimum absolute atomic E-state index is 0.0413. The highest BCUT2D eigenvalue weighted by atomic mass is 16.7. The molecule has 1 aliphatic rings. The highest BCUT2D eigenvalue weighted by Crippen LogP contribution is 2.52. The van der Waals surface area contributed by atoms with Gasteiger partial charge in [0.15, 0.2) is 0 Å². The Labute approximate surface area is 197 Å². The van der Waals surface area contributed by atoms with Gasteiger partial charge >= 0.3 is 11.9 Å². The molecule has 3 rings (SSSR count). The lowest BCUT2D eigenvalue weighted by molar-refractivity contribution is -0.384. The lowest BCUT2D eigenvalue weighted by Gasteiger charge is -2.22. The Hall–Kier alpha value is -3.88. The summed E-state index contributed by atoms with van der Waals surface area (Å²) in [6, 6.07) is 8.97. The number of carbonyl (C=O) groups excluding carboxylic acids is 2. The first-order chi connectivity index (χ1) is 16.0. The van der Waals surface area contributed by atoms with Gasteiger partial charge in [-0.3, -0.25) is 10.1 Å². The molecule has 0 aliphatic heterocycles. The van der Waals surface area contributed by atoms with Crippen LogP contribution in [0.5, 0.6) is 0 Å². The first-order valence-corrected chi connectivity index (χ1v) is 11.0. The molecule has 178 valence electrons. The van der Waals surface area contributed by atoms with Crippen LogP contribution < -0.4 is 0 Å². The van der Waals surface area contributed by atoms with Crippen LogP contribution in [-0.4, -0.2) is 28.3 Å². The van der Waals surface area contributed by atoms with Gasteiger partial charge in [0.25, 0.3) is 5.69 Å². The van der Waals surface area contributed by atoms with Crippen LogP contribution in [0.2, 0.25) is 0 Å². The van der Waals surface area contributed by atoms with Gasteiger partial charge in [0.2, 0.25) is 0 Å². The molecule has 0 saturated heterocycles. The van der Waals surface area contributed by atoms with Crippen molar-refractivity contribution in [2.24, 2.45) is 10.3 Å². The highest BCUT2D eigenvalue weighted by Gasteiger charge is 2.40. The summed E-state index contributed by atoms with van der Waals surface area (Å²) < 4.78 is 0. The standard InChI is InChI=1S/C25H27N3O6/c1-7-21(26-33-14(3)29)16-9-10-18-19(11-16)25(5,6)20-12-17(13-23(24(18)20)28(31)32)22(8-2)27-34-15(4)30/h9-13H,7-8H2,1-6H3/b26-21+,27-22+. The number of benzene rings is 2. The Morgan fingerprint density at radius 2 is 1.44 bits per heavy atom. The van der Waals surface area contributed by atoms with Crippen LogP contribution in [0, 0.1) is 10.1 Å². The predicted molar refractivity (Wildman–Crippen MR) is 128 cm³/mol. The van der Waals surface area contributed by atoms with Crippen LogP contribution in [0.3, 0.4) is 0 Å². The molecule has 2 aromatic rings. The maximum Gasteiger partial charge on any atom is 0.331 e. The molecule has 0 bridgehead atoms. The van der Waals surface area contributed by atoms with Gasteiger partial charge < -0.3 is 9.68 Å². The van der Waals surface area contributed by atoms with E-state index in [1.54, 1.807) is 0 Å². The summed E-state index contributed by atoms with van der Waals surface area (Å²) >= 11 is 0. The summed E-state index contributed by atoms with van der Waals surface area (Å²) in [7, 11) is 0. The molecule has 0 saturated carbocycles.